The van der Waals surface area contributed by atoms with Crippen LogP contribution in [0.25, 0.3) is 0 Å². The molecule has 0 aliphatic carbocycles. The van der Waals surface area contributed by atoms with Gasteiger partial charge in [-0.2, -0.15) is 0 Å². The molecule has 1 N–H and O–H groups in total. The second kappa shape index (κ2) is 8.53. The van der Waals surface area contributed by atoms with Crippen LogP contribution in [0.5, 0.6) is 17.2 Å². The smallest absolute Gasteiger partial charge is 0.343 e. The fourth-order valence-electron chi connectivity index (χ4n) is 2.28. The van der Waals surface area contributed by atoms with E-state index in [1.54, 1.807) is 25.1 Å². The Bertz CT molecular complexity index is 707. The standard InChI is InChI=1S/C20H24O5/c1-5-23-14(4)24-19-11-10-17(12-18(19)21)25-20(22)16-8-6-15(7-9-16)13(2)3/h6-14,21H,5H2,1-4H3. The summed E-state index contributed by atoms with van der Waals surface area (Å²) in [6, 6.07) is 11.7. The predicted molar refractivity (Wildman–Crippen MR) is 95.3 cm³/mol. The van der Waals surface area contributed by atoms with Gasteiger partial charge in [0.2, 0.25) is 0 Å². The third kappa shape index (κ3) is 5.22. The lowest BCUT2D eigenvalue weighted by atomic mass is 10.0. The van der Waals surface area contributed by atoms with Gasteiger partial charge in [0, 0.05) is 12.7 Å². The Kier molecular flexibility index (Phi) is 6.42. The molecule has 0 radical (unpaired) electrons. The summed E-state index contributed by atoms with van der Waals surface area (Å²) in [5.41, 5.74) is 1.60. The first-order chi connectivity index (χ1) is 11.9. The molecule has 0 amide bonds. The number of carbonyl (C=O) groups excluding carboxylic acids is 1. The number of rotatable bonds is 7. The van der Waals surface area contributed by atoms with E-state index in [1.165, 1.54) is 12.1 Å². The molecule has 0 saturated heterocycles. The van der Waals surface area contributed by atoms with Crippen molar-refractivity contribution in [2.45, 2.75) is 39.9 Å². The first kappa shape index (κ1) is 18.8. The molecule has 1 atom stereocenters. The summed E-state index contributed by atoms with van der Waals surface area (Å²) in [5.74, 6) is 0.306. The number of phenols is 1. The molecule has 0 spiro atoms. The SMILES string of the molecule is CCOC(C)Oc1ccc(OC(=O)c2ccc(C(C)C)cc2)cc1O. The second-order valence-electron chi connectivity index (χ2n) is 5.94. The highest BCUT2D eigenvalue weighted by molar-refractivity contribution is 5.91. The van der Waals surface area contributed by atoms with Crippen molar-refractivity contribution in [2.24, 2.45) is 0 Å². The summed E-state index contributed by atoms with van der Waals surface area (Å²) < 4.78 is 16.0. The number of phenolic OH excluding ortho intramolecular Hbond substituents is 1. The van der Waals surface area contributed by atoms with Crippen LogP contribution in [-0.4, -0.2) is 24.0 Å². The van der Waals surface area contributed by atoms with E-state index in [2.05, 4.69) is 13.8 Å². The summed E-state index contributed by atoms with van der Waals surface area (Å²) in [4.78, 5) is 12.2. The molecule has 5 nitrogen and oxygen atoms in total. The number of hydrogen-bond acceptors (Lipinski definition) is 5. The maximum absolute atomic E-state index is 12.2. The third-order valence-electron chi connectivity index (χ3n) is 3.65. The molecular weight excluding hydrogens is 320 g/mol. The number of benzene rings is 2. The van der Waals surface area contributed by atoms with E-state index in [0.29, 0.717) is 18.1 Å². The number of hydrogen-bond donors (Lipinski definition) is 1. The van der Waals surface area contributed by atoms with Gasteiger partial charge in [0.25, 0.3) is 0 Å². The summed E-state index contributed by atoms with van der Waals surface area (Å²) in [6.45, 7) is 8.28. The van der Waals surface area contributed by atoms with Gasteiger partial charge in [-0.3, -0.25) is 0 Å². The van der Waals surface area contributed by atoms with Gasteiger partial charge in [0.15, 0.2) is 17.8 Å². The first-order valence-corrected chi connectivity index (χ1v) is 8.34. The molecule has 0 aromatic heterocycles. The maximum Gasteiger partial charge on any atom is 0.343 e. The van der Waals surface area contributed by atoms with E-state index in [0.717, 1.165) is 5.56 Å². The van der Waals surface area contributed by atoms with E-state index >= 15 is 0 Å². The quantitative estimate of drug-likeness (QED) is 0.455. The highest BCUT2D eigenvalue weighted by Gasteiger charge is 2.13. The lowest BCUT2D eigenvalue weighted by molar-refractivity contribution is -0.0624. The zero-order valence-corrected chi connectivity index (χ0v) is 15.0. The van der Waals surface area contributed by atoms with Crippen molar-refractivity contribution < 1.29 is 24.1 Å². The van der Waals surface area contributed by atoms with Crippen LogP contribution in [0.15, 0.2) is 42.5 Å². The van der Waals surface area contributed by atoms with Gasteiger partial charge >= 0.3 is 5.97 Å². The van der Waals surface area contributed by atoms with E-state index in [1.807, 2.05) is 19.1 Å². The summed E-state index contributed by atoms with van der Waals surface area (Å²) >= 11 is 0. The van der Waals surface area contributed by atoms with Crippen LogP contribution in [0.3, 0.4) is 0 Å². The molecule has 5 heteroatoms. The van der Waals surface area contributed by atoms with Crippen molar-refractivity contribution in [1.82, 2.24) is 0 Å². The van der Waals surface area contributed by atoms with Gasteiger partial charge in [-0.15, -0.1) is 0 Å². The molecule has 0 saturated carbocycles. The van der Waals surface area contributed by atoms with E-state index in [4.69, 9.17) is 14.2 Å². The van der Waals surface area contributed by atoms with Crippen LogP contribution < -0.4 is 9.47 Å². The molecule has 2 rings (SSSR count). The van der Waals surface area contributed by atoms with Gasteiger partial charge < -0.3 is 19.3 Å². The summed E-state index contributed by atoms with van der Waals surface area (Å²) in [7, 11) is 0. The van der Waals surface area contributed by atoms with Crippen molar-refractivity contribution in [3.05, 3.63) is 53.6 Å². The molecule has 1 unspecified atom stereocenters. The minimum absolute atomic E-state index is 0.119. The fourth-order valence-corrected chi connectivity index (χ4v) is 2.28. The molecular formula is C20H24O5. The zero-order valence-electron chi connectivity index (χ0n) is 15.0. The topological polar surface area (TPSA) is 65.0 Å². The highest BCUT2D eigenvalue weighted by atomic mass is 16.7. The Hall–Kier alpha value is -2.53. The minimum Gasteiger partial charge on any atom is -0.504 e. The molecule has 2 aromatic carbocycles. The molecule has 134 valence electrons. The predicted octanol–water partition coefficient (Wildman–Crippen LogP) is 4.50. The van der Waals surface area contributed by atoms with Crippen molar-refractivity contribution in [2.75, 3.05) is 6.61 Å². The average molecular weight is 344 g/mol. The van der Waals surface area contributed by atoms with Crippen molar-refractivity contribution in [1.29, 1.82) is 0 Å². The Balaban J connectivity index is 2.04. The Morgan fingerprint density at radius 1 is 1.08 bits per heavy atom. The van der Waals surface area contributed by atoms with Crippen LogP contribution in [0.2, 0.25) is 0 Å². The fraction of sp³-hybridized carbons (Fsp3) is 0.350. The third-order valence-corrected chi connectivity index (χ3v) is 3.65. The van der Waals surface area contributed by atoms with Gasteiger partial charge in [-0.05, 0) is 49.6 Å². The lowest BCUT2D eigenvalue weighted by Gasteiger charge is -2.15. The van der Waals surface area contributed by atoms with Crippen molar-refractivity contribution >= 4 is 5.97 Å². The average Bonchev–Trinajstić information content (AvgIpc) is 2.57. The number of carbonyl (C=O) groups is 1. The lowest BCUT2D eigenvalue weighted by Crippen LogP contribution is -2.16. The van der Waals surface area contributed by atoms with Crippen molar-refractivity contribution in [3.63, 3.8) is 0 Å². The molecule has 0 fully saturated rings. The molecule has 0 aliphatic rings. The number of aromatic hydroxyl groups is 1. The molecule has 0 aliphatic heterocycles. The summed E-state index contributed by atoms with van der Waals surface area (Å²) in [6.07, 6.45) is -0.483. The van der Waals surface area contributed by atoms with Crippen LogP contribution in [-0.2, 0) is 4.74 Å². The van der Waals surface area contributed by atoms with E-state index in [-0.39, 0.29) is 17.2 Å². The van der Waals surface area contributed by atoms with Crippen LogP contribution in [0.1, 0.15) is 49.5 Å². The first-order valence-electron chi connectivity index (χ1n) is 8.34. The van der Waals surface area contributed by atoms with Crippen molar-refractivity contribution in [3.8, 4) is 17.2 Å². The molecule has 0 heterocycles. The minimum atomic E-state index is -0.483. The van der Waals surface area contributed by atoms with Gasteiger partial charge in [0.05, 0.1) is 5.56 Å². The van der Waals surface area contributed by atoms with Crippen LogP contribution in [0.4, 0.5) is 0 Å². The maximum atomic E-state index is 12.2. The Morgan fingerprint density at radius 3 is 2.32 bits per heavy atom. The highest BCUT2D eigenvalue weighted by Crippen LogP contribution is 2.31. The monoisotopic (exact) mass is 344 g/mol. The Labute approximate surface area is 148 Å². The van der Waals surface area contributed by atoms with Gasteiger partial charge in [-0.1, -0.05) is 26.0 Å². The van der Waals surface area contributed by atoms with Gasteiger partial charge in [-0.25, -0.2) is 4.79 Å². The zero-order chi connectivity index (χ0) is 18.4. The number of esters is 1. The molecule has 2 aromatic rings. The molecule has 0 bridgehead atoms. The van der Waals surface area contributed by atoms with Crippen LogP contribution in [0, 0.1) is 0 Å². The van der Waals surface area contributed by atoms with E-state index < -0.39 is 12.3 Å². The second-order valence-corrected chi connectivity index (χ2v) is 5.94. The Morgan fingerprint density at radius 2 is 1.76 bits per heavy atom. The largest absolute Gasteiger partial charge is 0.504 e. The van der Waals surface area contributed by atoms with Gasteiger partial charge in [0.1, 0.15) is 5.75 Å². The number of ether oxygens (including phenoxy) is 3. The molecule has 25 heavy (non-hydrogen) atoms. The van der Waals surface area contributed by atoms with Crippen LogP contribution >= 0.6 is 0 Å². The summed E-state index contributed by atoms with van der Waals surface area (Å²) in [5, 5.41) is 10.0. The van der Waals surface area contributed by atoms with E-state index in [9.17, 15) is 9.90 Å². The normalized spacial score (nSPS) is 12.0.